The van der Waals surface area contributed by atoms with Crippen LogP contribution >= 0.6 is 0 Å². The number of nitrogens with zero attached hydrogens (tertiary/aromatic N) is 1. The van der Waals surface area contributed by atoms with Gasteiger partial charge in [0.2, 0.25) is 5.91 Å². The standard InChI is InChI=1S/C18H29N3O/c1-18(2,3)20-13-15-8-6-14(7-9-15)12-16(19)17(22)21-10-4-5-11-21/h6-9,16,20H,4-5,10-13,19H2,1-3H3. The Morgan fingerprint density at radius 3 is 2.27 bits per heavy atom. The second-order valence-corrected chi connectivity index (χ2v) is 7.26. The van der Waals surface area contributed by atoms with Crippen molar-refractivity contribution in [3.63, 3.8) is 0 Å². The third-order valence-corrected chi connectivity index (χ3v) is 4.04. The molecule has 1 saturated heterocycles. The number of nitrogens with one attached hydrogen (secondary N) is 1. The summed E-state index contributed by atoms with van der Waals surface area (Å²) in [6, 6.07) is 7.96. The van der Waals surface area contributed by atoms with E-state index in [2.05, 4.69) is 50.4 Å². The molecule has 1 atom stereocenters. The molecule has 0 spiro atoms. The maximum absolute atomic E-state index is 12.2. The zero-order valence-electron chi connectivity index (χ0n) is 14.1. The highest BCUT2D eigenvalue weighted by Crippen LogP contribution is 2.12. The average molecular weight is 303 g/mol. The molecule has 1 aromatic rings. The molecular weight excluding hydrogens is 274 g/mol. The fraction of sp³-hybridized carbons (Fsp3) is 0.611. The Hall–Kier alpha value is -1.39. The fourth-order valence-corrected chi connectivity index (χ4v) is 2.67. The molecule has 22 heavy (non-hydrogen) atoms. The Kier molecular flexibility index (Phi) is 5.59. The highest BCUT2D eigenvalue weighted by molar-refractivity contribution is 5.82. The number of nitrogens with two attached hydrogens (primary N) is 1. The summed E-state index contributed by atoms with van der Waals surface area (Å²) in [5, 5.41) is 3.47. The number of amides is 1. The van der Waals surface area contributed by atoms with Crippen LogP contribution < -0.4 is 11.1 Å². The maximum atomic E-state index is 12.2. The summed E-state index contributed by atoms with van der Waals surface area (Å²) in [6.07, 6.45) is 2.82. The smallest absolute Gasteiger partial charge is 0.239 e. The van der Waals surface area contributed by atoms with Gasteiger partial charge in [-0.15, -0.1) is 0 Å². The minimum absolute atomic E-state index is 0.0935. The van der Waals surface area contributed by atoms with Crippen molar-refractivity contribution in [3.05, 3.63) is 35.4 Å². The van der Waals surface area contributed by atoms with Crippen molar-refractivity contribution in [1.29, 1.82) is 0 Å². The van der Waals surface area contributed by atoms with Crippen molar-refractivity contribution < 1.29 is 4.79 Å². The number of carbonyl (C=O) groups excluding carboxylic acids is 1. The van der Waals surface area contributed by atoms with Gasteiger partial charge in [-0.25, -0.2) is 0 Å². The van der Waals surface area contributed by atoms with E-state index in [9.17, 15) is 4.79 Å². The van der Waals surface area contributed by atoms with Gasteiger partial charge in [-0.05, 0) is 51.2 Å². The van der Waals surface area contributed by atoms with Gasteiger partial charge in [0, 0.05) is 25.2 Å². The molecule has 3 N–H and O–H groups in total. The largest absolute Gasteiger partial charge is 0.341 e. The van der Waals surface area contributed by atoms with Crippen LogP contribution in [-0.4, -0.2) is 35.5 Å². The van der Waals surface area contributed by atoms with Crippen LogP contribution in [0.4, 0.5) is 0 Å². The molecule has 1 unspecified atom stereocenters. The monoisotopic (exact) mass is 303 g/mol. The number of rotatable bonds is 5. The quantitative estimate of drug-likeness (QED) is 0.875. The molecule has 2 rings (SSSR count). The second kappa shape index (κ2) is 7.25. The summed E-state index contributed by atoms with van der Waals surface area (Å²) < 4.78 is 0. The van der Waals surface area contributed by atoms with Crippen molar-refractivity contribution >= 4 is 5.91 Å². The summed E-state index contributed by atoms with van der Waals surface area (Å²) in [5.41, 5.74) is 8.57. The Bertz CT molecular complexity index is 484. The van der Waals surface area contributed by atoms with Crippen LogP contribution in [0.1, 0.15) is 44.7 Å². The SMILES string of the molecule is CC(C)(C)NCc1ccc(CC(N)C(=O)N2CCCC2)cc1. The Morgan fingerprint density at radius 2 is 1.73 bits per heavy atom. The van der Waals surface area contributed by atoms with Crippen LogP contribution in [0.25, 0.3) is 0 Å². The third kappa shape index (κ3) is 5.11. The first kappa shape index (κ1) is 17.0. The lowest BCUT2D eigenvalue weighted by Gasteiger charge is -2.21. The first-order chi connectivity index (χ1) is 10.3. The van der Waals surface area contributed by atoms with Crippen LogP contribution in [0.15, 0.2) is 24.3 Å². The Balaban J connectivity index is 1.86. The molecule has 0 saturated carbocycles. The van der Waals surface area contributed by atoms with E-state index >= 15 is 0 Å². The molecule has 1 heterocycles. The first-order valence-electron chi connectivity index (χ1n) is 8.22. The van der Waals surface area contributed by atoms with Crippen LogP contribution in [0.2, 0.25) is 0 Å². The van der Waals surface area contributed by atoms with Crippen molar-refractivity contribution in [1.82, 2.24) is 10.2 Å². The van der Waals surface area contributed by atoms with Gasteiger partial charge in [0.15, 0.2) is 0 Å². The molecule has 4 nitrogen and oxygen atoms in total. The summed E-state index contributed by atoms with van der Waals surface area (Å²) in [5.74, 6) is 0.0935. The molecular formula is C18H29N3O. The van der Waals surface area contributed by atoms with Crippen molar-refractivity contribution in [3.8, 4) is 0 Å². The van der Waals surface area contributed by atoms with Crippen molar-refractivity contribution in [2.45, 2.75) is 58.2 Å². The predicted octanol–water partition coefficient (Wildman–Crippen LogP) is 2.07. The second-order valence-electron chi connectivity index (χ2n) is 7.26. The van der Waals surface area contributed by atoms with Gasteiger partial charge >= 0.3 is 0 Å². The third-order valence-electron chi connectivity index (χ3n) is 4.04. The van der Waals surface area contributed by atoms with Crippen molar-refractivity contribution in [2.75, 3.05) is 13.1 Å². The van der Waals surface area contributed by atoms with Gasteiger partial charge in [0.1, 0.15) is 0 Å². The normalized spacial score (nSPS) is 16.8. The molecule has 0 bridgehead atoms. The summed E-state index contributed by atoms with van der Waals surface area (Å²) in [6.45, 7) is 9.05. The lowest BCUT2D eigenvalue weighted by Crippen LogP contribution is -2.43. The van der Waals surface area contributed by atoms with Gasteiger partial charge < -0.3 is 16.0 Å². The molecule has 122 valence electrons. The molecule has 1 aliphatic rings. The topological polar surface area (TPSA) is 58.4 Å². The van der Waals surface area contributed by atoms with E-state index in [1.807, 2.05) is 4.90 Å². The van der Waals surface area contributed by atoms with Crippen LogP contribution in [0, 0.1) is 0 Å². The molecule has 1 aromatic carbocycles. The minimum Gasteiger partial charge on any atom is -0.341 e. The first-order valence-corrected chi connectivity index (χ1v) is 8.22. The molecule has 0 radical (unpaired) electrons. The molecule has 0 aromatic heterocycles. The van der Waals surface area contributed by atoms with Gasteiger partial charge in [-0.2, -0.15) is 0 Å². The molecule has 1 fully saturated rings. The lowest BCUT2D eigenvalue weighted by molar-refractivity contribution is -0.131. The van der Waals surface area contributed by atoms with E-state index in [4.69, 9.17) is 5.73 Å². The summed E-state index contributed by atoms with van der Waals surface area (Å²) in [4.78, 5) is 14.1. The van der Waals surface area contributed by atoms with E-state index < -0.39 is 6.04 Å². The average Bonchev–Trinajstić information content (AvgIpc) is 2.99. The number of hydrogen-bond donors (Lipinski definition) is 2. The van der Waals surface area contributed by atoms with Crippen LogP contribution in [-0.2, 0) is 17.8 Å². The molecule has 0 aliphatic carbocycles. The van der Waals surface area contributed by atoms with E-state index in [0.717, 1.165) is 38.0 Å². The van der Waals surface area contributed by atoms with Crippen molar-refractivity contribution in [2.24, 2.45) is 5.73 Å². The van der Waals surface area contributed by atoms with Gasteiger partial charge in [-0.3, -0.25) is 4.79 Å². The fourth-order valence-electron chi connectivity index (χ4n) is 2.67. The zero-order chi connectivity index (χ0) is 16.2. The Morgan fingerprint density at radius 1 is 1.18 bits per heavy atom. The molecule has 1 amide bonds. The zero-order valence-corrected chi connectivity index (χ0v) is 14.1. The van der Waals surface area contributed by atoms with E-state index in [1.54, 1.807) is 0 Å². The van der Waals surface area contributed by atoms with Gasteiger partial charge in [-0.1, -0.05) is 24.3 Å². The Labute approximate surface area is 134 Å². The maximum Gasteiger partial charge on any atom is 0.239 e. The highest BCUT2D eigenvalue weighted by Gasteiger charge is 2.23. The molecule has 1 aliphatic heterocycles. The number of likely N-dealkylation sites (tertiary alicyclic amines) is 1. The minimum atomic E-state index is -0.420. The summed E-state index contributed by atoms with van der Waals surface area (Å²) in [7, 11) is 0. The summed E-state index contributed by atoms with van der Waals surface area (Å²) >= 11 is 0. The van der Waals surface area contributed by atoms with E-state index in [1.165, 1.54) is 5.56 Å². The molecule has 4 heteroatoms. The van der Waals surface area contributed by atoms with Gasteiger partial charge in [0.05, 0.1) is 6.04 Å². The predicted molar refractivity (Wildman–Crippen MR) is 90.5 cm³/mol. The number of benzene rings is 1. The highest BCUT2D eigenvalue weighted by atomic mass is 16.2. The van der Waals surface area contributed by atoms with Crippen LogP contribution in [0.3, 0.4) is 0 Å². The van der Waals surface area contributed by atoms with E-state index in [-0.39, 0.29) is 11.4 Å². The lowest BCUT2D eigenvalue weighted by atomic mass is 10.0. The number of carbonyl (C=O) groups is 1. The number of hydrogen-bond acceptors (Lipinski definition) is 3. The van der Waals surface area contributed by atoms with Gasteiger partial charge in [0.25, 0.3) is 0 Å². The van der Waals surface area contributed by atoms with Crippen LogP contribution in [0.5, 0.6) is 0 Å². The van der Waals surface area contributed by atoms with E-state index in [0.29, 0.717) is 6.42 Å².